The summed E-state index contributed by atoms with van der Waals surface area (Å²) in [4.78, 5) is 0. The summed E-state index contributed by atoms with van der Waals surface area (Å²) < 4.78 is 24.4. The number of benzene rings is 1. The zero-order valence-corrected chi connectivity index (χ0v) is 19.2. The van der Waals surface area contributed by atoms with E-state index in [1.807, 2.05) is 0 Å². The van der Waals surface area contributed by atoms with E-state index in [2.05, 4.69) is 38.1 Å². The lowest BCUT2D eigenvalue weighted by atomic mass is 9.96. The van der Waals surface area contributed by atoms with Gasteiger partial charge in [-0.05, 0) is 49.8 Å². The van der Waals surface area contributed by atoms with E-state index in [0.29, 0.717) is 6.61 Å². The lowest BCUT2D eigenvalue weighted by molar-refractivity contribution is -0.286. The molecule has 0 radical (unpaired) electrons. The first-order valence-corrected chi connectivity index (χ1v) is 12.5. The molecule has 0 aliphatic carbocycles. The topological polar surface area (TPSA) is 36.9 Å². The first-order chi connectivity index (χ1) is 14.8. The van der Waals surface area contributed by atoms with Crippen LogP contribution in [-0.2, 0) is 14.2 Å². The van der Waals surface area contributed by atoms with E-state index in [0.717, 1.165) is 38.0 Å². The minimum Gasteiger partial charge on any atom is -0.494 e. The SMILES string of the molecule is CCCCCCC[C@@H]1OC[C@H]2O[C@@H](c3ccc(OCCCCCC)cc3)CC[C@@H]2O1. The third-order valence-corrected chi connectivity index (χ3v) is 6.30. The van der Waals surface area contributed by atoms with Gasteiger partial charge in [0.25, 0.3) is 0 Å². The van der Waals surface area contributed by atoms with Gasteiger partial charge in [0.05, 0.1) is 25.4 Å². The van der Waals surface area contributed by atoms with Crippen molar-refractivity contribution < 1.29 is 18.9 Å². The second-order valence-electron chi connectivity index (χ2n) is 8.86. The quantitative estimate of drug-likeness (QED) is 0.324. The number of ether oxygens (including phenoxy) is 4. The highest BCUT2D eigenvalue weighted by molar-refractivity contribution is 5.29. The number of rotatable bonds is 13. The molecule has 4 atom stereocenters. The van der Waals surface area contributed by atoms with Crippen LogP contribution in [-0.4, -0.2) is 31.7 Å². The Bertz CT molecular complexity index is 573. The van der Waals surface area contributed by atoms with E-state index < -0.39 is 0 Å². The van der Waals surface area contributed by atoms with Gasteiger partial charge in [0, 0.05) is 0 Å². The summed E-state index contributed by atoms with van der Waals surface area (Å²) >= 11 is 0. The van der Waals surface area contributed by atoms with E-state index in [9.17, 15) is 0 Å². The maximum atomic E-state index is 6.36. The second kappa shape index (κ2) is 13.3. The average Bonchev–Trinajstić information content (AvgIpc) is 2.79. The molecule has 170 valence electrons. The molecule has 0 unspecified atom stereocenters. The molecule has 2 aliphatic rings. The number of fused-ring (bicyclic) bond motifs is 1. The van der Waals surface area contributed by atoms with Gasteiger partial charge in [0.1, 0.15) is 11.9 Å². The fraction of sp³-hybridized carbons (Fsp3) is 0.769. The minimum absolute atomic E-state index is 0.0400. The van der Waals surface area contributed by atoms with E-state index in [1.165, 1.54) is 56.9 Å². The van der Waals surface area contributed by atoms with Crippen molar-refractivity contribution in [3.63, 3.8) is 0 Å². The third kappa shape index (κ3) is 7.55. The molecule has 0 saturated carbocycles. The van der Waals surface area contributed by atoms with Crippen LogP contribution in [0.3, 0.4) is 0 Å². The van der Waals surface area contributed by atoms with Crippen LogP contribution in [0.15, 0.2) is 24.3 Å². The summed E-state index contributed by atoms with van der Waals surface area (Å²) in [7, 11) is 0. The van der Waals surface area contributed by atoms with Crippen molar-refractivity contribution in [1.29, 1.82) is 0 Å². The molecule has 1 aromatic carbocycles. The summed E-state index contributed by atoms with van der Waals surface area (Å²) in [5, 5.41) is 0. The standard InChI is InChI=1S/C26H42O4/c1-3-5-7-9-10-12-26-28-20-25-24(30-26)18-17-23(29-25)21-13-15-22(16-14-21)27-19-11-8-6-4-2/h13-16,23-26H,3-12,17-20H2,1-2H3/t23-,24+,25-,26-/m1/s1. The summed E-state index contributed by atoms with van der Waals surface area (Å²) in [5.74, 6) is 0.954. The van der Waals surface area contributed by atoms with Crippen molar-refractivity contribution in [2.24, 2.45) is 0 Å². The molecule has 0 bridgehead atoms. The highest BCUT2D eigenvalue weighted by Gasteiger charge is 2.38. The van der Waals surface area contributed by atoms with Crippen LogP contribution >= 0.6 is 0 Å². The normalized spacial score (nSPS) is 26.3. The van der Waals surface area contributed by atoms with Crippen LogP contribution in [0.1, 0.15) is 103 Å². The first kappa shape index (κ1) is 23.6. The zero-order valence-electron chi connectivity index (χ0n) is 19.2. The van der Waals surface area contributed by atoms with Gasteiger partial charge >= 0.3 is 0 Å². The monoisotopic (exact) mass is 418 g/mol. The molecule has 0 N–H and O–H groups in total. The minimum atomic E-state index is -0.0400. The maximum Gasteiger partial charge on any atom is 0.158 e. The Hall–Kier alpha value is -1.10. The Morgan fingerprint density at radius 2 is 1.53 bits per heavy atom. The van der Waals surface area contributed by atoms with Crippen LogP contribution in [0.4, 0.5) is 0 Å². The molecule has 0 amide bonds. The van der Waals surface area contributed by atoms with Crippen molar-refractivity contribution in [3.05, 3.63) is 29.8 Å². The molecule has 2 saturated heterocycles. The maximum absolute atomic E-state index is 6.36. The predicted molar refractivity (Wildman–Crippen MR) is 121 cm³/mol. The number of hydrogen-bond donors (Lipinski definition) is 0. The summed E-state index contributed by atoms with van der Waals surface area (Å²) in [6.07, 6.45) is 14.7. The summed E-state index contributed by atoms with van der Waals surface area (Å²) in [6.45, 7) is 5.94. The van der Waals surface area contributed by atoms with Crippen molar-refractivity contribution in [1.82, 2.24) is 0 Å². The average molecular weight is 419 g/mol. The fourth-order valence-corrected chi connectivity index (χ4v) is 4.42. The van der Waals surface area contributed by atoms with Crippen LogP contribution in [0.5, 0.6) is 5.75 Å². The number of hydrogen-bond acceptors (Lipinski definition) is 4. The molecule has 4 heteroatoms. The van der Waals surface area contributed by atoms with Crippen molar-refractivity contribution in [3.8, 4) is 5.75 Å². The molecule has 0 aromatic heterocycles. The Balaban J connectivity index is 1.37. The van der Waals surface area contributed by atoms with Gasteiger partial charge < -0.3 is 18.9 Å². The zero-order chi connectivity index (χ0) is 21.0. The van der Waals surface area contributed by atoms with E-state index in [1.54, 1.807) is 0 Å². The third-order valence-electron chi connectivity index (χ3n) is 6.30. The van der Waals surface area contributed by atoms with Crippen molar-refractivity contribution in [2.75, 3.05) is 13.2 Å². The molecular weight excluding hydrogens is 376 g/mol. The lowest BCUT2D eigenvalue weighted by Crippen LogP contribution is -2.48. The molecule has 1 aromatic rings. The van der Waals surface area contributed by atoms with E-state index in [4.69, 9.17) is 18.9 Å². The van der Waals surface area contributed by atoms with E-state index in [-0.39, 0.29) is 24.6 Å². The molecule has 0 spiro atoms. The Morgan fingerprint density at radius 3 is 2.30 bits per heavy atom. The molecule has 2 fully saturated rings. The van der Waals surface area contributed by atoms with Crippen LogP contribution < -0.4 is 4.74 Å². The molecule has 2 aliphatic heterocycles. The first-order valence-electron chi connectivity index (χ1n) is 12.5. The van der Waals surface area contributed by atoms with Crippen LogP contribution in [0, 0.1) is 0 Å². The van der Waals surface area contributed by atoms with Gasteiger partial charge in [-0.1, -0.05) is 70.9 Å². The largest absolute Gasteiger partial charge is 0.494 e. The predicted octanol–water partition coefficient (Wildman–Crippen LogP) is 6.97. The molecule has 2 heterocycles. The highest BCUT2D eigenvalue weighted by Crippen LogP contribution is 2.36. The van der Waals surface area contributed by atoms with Gasteiger partial charge in [-0.2, -0.15) is 0 Å². The van der Waals surface area contributed by atoms with E-state index >= 15 is 0 Å². The smallest absolute Gasteiger partial charge is 0.158 e. The van der Waals surface area contributed by atoms with Crippen LogP contribution in [0.25, 0.3) is 0 Å². The van der Waals surface area contributed by atoms with Gasteiger partial charge in [0.15, 0.2) is 6.29 Å². The number of unbranched alkanes of at least 4 members (excludes halogenated alkanes) is 7. The summed E-state index contributed by atoms with van der Waals surface area (Å²) in [5.41, 5.74) is 1.23. The van der Waals surface area contributed by atoms with Crippen molar-refractivity contribution in [2.45, 2.75) is 115 Å². The molecule has 4 nitrogen and oxygen atoms in total. The van der Waals surface area contributed by atoms with Gasteiger partial charge in [-0.15, -0.1) is 0 Å². The molecule has 3 rings (SSSR count). The van der Waals surface area contributed by atoms with Gasteiger partial charge in [0.2, 0.25) is 0 Å². The Labute approximate surface area is 183 Å². The van der Waals surface area contributed by atoms with Gasteiger partial charge in [-0.25, -0.2) is 0 Å². The molecule has 30 heavy (non-hydrogen) atoms. The summed E-state index contributed by atoms with van der Waals surface area (Å²) in [6, 6.07) is 8.45. The van der Waals surface area contributed by atoms with Crippen LogP contribution in [0.2, 0.25) is 0 Å². The Kier molecular flexibility index (Phi) is 10.5. The molecular formula is C26H42O4. The lowest BCUT2D eigenvalue weighted by Gasteiger charge is -2.42. The fourth-order valence-electron chi connectivity index (χ4n) is 4.42. The van der Waals surface area contributed by atoms with Gasteiger partial charge in [-0.3, -0.25) is 0 Å². The highest BCUT2D eigenvalue weighted by atomic mass is 16.7. The Morgan fingerprint density at radius 1 is 0.800 bits per heavy atom. The van der Waals surface area contributed by atoms with Crippen molar-refractivity contribution >= 4 is 0 Å². The second-order valence-corrected chi connectivity index (χ2v) is 8.86.